The zero-order valence-electron chi connectivity index (χ0n) is 19.0. The van der Waals surface area contributed by atoms with Crippen LogP contribution in [0.2, 0.25) is 0 Å². The minimum Gasteiger partial charge on any atom is -0.504 e. The lowest BCUT2D eigenvalue weighted by atomic mass is 9.96. The molecule has 0 unspecified atom stereocenters. The highest BCUT2D eigenvalue weighted by atomic mass is 32.1. The number of ether oxygens (including phenoxy) is 2. The van der Waals surface area contributed by atoms with E-state index in [1.54, 1.807) is 38.1 Å². The Labute approximate surface area is 202 Å². The van der Waals surface area contributed by atoms with Crippen LogP contribution in [0.4, 0.5) is 5.69 Å². The first-order chi connectivity index (χ1) is 16.7. The number of benzene rings is 2. The molecule has 3 aromatic rings. The second-order valence-corrected chi connectivity index (χ2v) is 8.58. The minimum absolute atomic E-state index is 0.0627. The molecule has 10 nitrogen and oxygen atoms in total. The molecular weight excluding hydrogens is 474 g/mol. The Kier molecular flexibility index (Phi) is 6.52. The monoisotopic (exact) mass is 495 g/mol. The first kappa shape index (κ1) is 23.9. The van der Waals surface area contributed by atoms with Gasteiger partial charge in [-0.05, 0) is 43.2 Å². The molecule has 1 atom stereocenters. The number of hydrogen-bond acceptors (Lipinski definition) is 9. The summed E-state index contributed by atoms with van der Waals surface area (Å²) in [6.45, 7) is 3.46. The van der Waals surface area contributed by atoms with Crippen LogP contribution in [0, 0.1) is 10.1 Å². The van der Waals surface area contributed by atoms with E-state index in [4.69, 9.17) is 9.47 Å². The van der Waals surface area contributed by atoms with Crippen LogP contribution in [0.25, 0.3) is 11.8 Å². The molecule has 1 aromatic heterocycles. The number of carbonyl (C=O) groups is 1. The van der Waals surface area contributed by atoms with Gasteiger partial charge in [0.25, 0.3) is 11.2 Å². The lowest BCUT2D eigenvalue weighted by Crippen LogP contribution is -2.35. The van der Waals surface area contributed by atoms with Crippen molar-refractivity contribution in [3.05, 3.63) is 89.0 Å². The topological polar surface area (TPSA) is 133 Å². The summed E-state index contributed by atoms with van der Waals surface area (Å²) in [5.41, 5.74) is 1.12. The van der Waals surface area contributed by atoms with Crippen LogP contribution in [0.3, 0.4) is 0 Å². The Balaban J connectivity index is 1.94. The largest absolute Gasteiger partial charge is 0.504 e. The number of aromatic nitrogens is 1. The predicted octanol–water partition coefficient (Wildman–Crippen LogP) is 2.53. The fraction of sp³-hybridized carbons (Fsp3) is 0.208. The van der Waals surface area contributed by atoms with Crippen LogP contribution in [0.15, 0.2) is 57.8 Å². The third-order valence-corrected chi connectivity index (χ3v) is 6.42. The molecule has 0 saturated heterocycles. The van der Waals surface area contributed by atoms with Gasteiger partial charge in [-0.3, -0.25) is 19.5 Å². The summed E-state index contributed by atoms with van der Waals surface area (Å²) in [5.74, 6) is -0.460. The maximum atomic E-state index is 13.3. The average molecular weight is 496 g/mol. The maximum absolute atomic E-state index is 13.3. The van der Waals surface area contributed by atoms with Gasteiger partial charge in [0, 0.05) is 17.8 Å². The molecule has 1 aliphatic heterocycles. The van der Waals surface area contributed by atoms with Gasteiger partial charge < -0.3 is 14.6 Å². The van der Waals surface area contributed by atoms with E-state index in [0.717, 1.165) is 11.3 Å². The van der Waals surface area contributed by atoms with Gasteiger partial charge in [0.1, 0.15) is 6.04 Å². The zero-order valence-corrected chi connectivity index (χ0v) is 19.9. The van der Waals surface area contributed by atoms with Gasteiger partial charge in [0.05, 0.1) is 28.7 Å². The molecule has 0 saturated carbocycles. The van der Waals surface area contributed by atoms with E-state index < -0.39 is 22.5 Å². The minimum atomic E-state index is -0.799. The second-order valence-electron chi connectivity index (χ2n) is 7.57. The lowest BCUT2D eigenvalue weighted by molar-refractivity contribution is -0.384. The highest BCUT2D eigenvalue weighted by Crippen LogP contribution is 2.36. The van der Waals surface area contributed by atoms with Crippen LogP contribution in [0.5, 0.6) is 11.5 Å². The van der Waals surface area contributed by atoms with Gasteiger partial charge in [-0.25, -0.2) is 9.79 Å². The number of aromatic hydroxyl groups is 1. The van der Waals surface area contributed by atoms with E-state index >= 15 is 0 Å². The van der Waals surface area contributed by atoms with Crippen molar-refractivity contribution in [1.29, 1.82) is 0 Å². The molecule has 11 heteroatoms. The zero-order chi connectivity index (χ0) is 25.3. The standard InChI is InChI=1S/C24H21N3O7S/c1-4-34-23(30)20-13(2)26-22(29)19(11-14-6-5-7-16(10-14)27(31)32)35-24(26)25-21(20)15-8-9-17(28)18(12-15)33-3/h5-12,21,28H,4H2,1-3H3/b19-11-/t21-/m0/s1. The van der Waals surface area contributed by atoms with Crippen LogP contribution < -0.4 is 19.6 Å². The van der Waals surface area contributed by atoms with Crippen molar-refractivity contribution in [2.24, 2.45) is 4.99 Å². The van der Waals surface area contributed by atoms with Crippen LogP contribution >= 0.6 is 11.3 Å². The van der Waals surface area contributed by atoms with Crippen molar-refractivity contribution >= 4 is 34.8 Å². The van der Waals surface area contributed by atoms with Gasteiger partial charge in [-0.2, -0.15) is 0 Å². The molecule has 180 valence electrons. The molecule has 0 aliphatic carbocycles. The number of rotatable bonds is 6. The first-order valence-electron chi connectivity index (χ1n) is 10.6. The van der Waals surface area contributed by atoms with E-state index in [1.807, 2.05) is 0 Å². The molecular formula is C24H21N3O7S. The number of allylic oxidation sites excluding steroid dienone is 1. The number of phenolic OH excluding ortho intramolecular Hbond substituents is 1. The van der Waals surface area contributed by atoms with Crippen molar-refractivity contribution in [3.63, 3.8) is 0 Å². The number of esters is 1. The van der Waals surface area contributed by atoms with E-state index in [1.165, 1.54) is 35.9 Å². The highest BCUT2D eigenvalue weighted by Gasteiger charge is 2.32. The number of non-ortho nitro benzene ring substituents is 1. The number of nitro groups is 1. The Morgan fingerprint density at radius 2 is 2.09 bits per heavy atom. The van der Waals surface area contributed by atoms with Crippen molar-refractivity contribution in [1.82, 2.24) is 4.57 Å². The maximum Gasteiger partial charge on any atom is 0.338 e. The van der Waals surface area contributed by atoms with Gasteiger partial charge in [-0.15, -0.1) is 0 Å². The number of nitro benzene ring substituents is 1. The molecule has 2 aromatic carbocycles. The van der Waals surface area contributed by atoms with E-state index in [2.05, 4.69) is 4.99 Å². The molecule has 4 rings (SSSR count). The fourth-order valence-corrected chi connectivity index (χ4v) is 4.84. The molecule has 0 amide bonds. The van der Waals surface area contributed by atoms with Gasteiger partial charge in [0.15, 0.2) is 16.3 Å². The number of methoxy groups -OCH3 is 1. The molecule has 1 aliphatic rings. The summed E-state index contributed by atoms with van der Waals surface area (Å²) in [5, 5.41) is 21.1. The summed E-state index contributed by atoms with van der Waals surface area (Å²) < 4.78 is 12.1. The second kappa shape index (κ2) is 9.55. The van der Waals surface area contributed by atoms with E-state index in [-0.39, 0.29) is 29.4 Å². The number of carbonyl (C=O) groups excluding carboxylic acids is 1. The Morgan fingerprint density at radius 3 is 2.77 bits per heavy atom. The number of thiazole rings is 1. The summed E-state index contributed by atoms with van der Waals surface area (Å²) in [4.78, 5) is 41.8. The van der Waals surface area contributed by atoms with Crippen molar-refractivity contribution in [3.8, 4) is 11.5 Å². The van der Waals surface area contributed by atoms with Crippen LogP contribution in [-0.4, -0.2) is 34.3 Å². The molecule has 35 heavy (non-hydrogen) atoms. The van der Waals surface area contributed by atoms with E-state index in [0.29, 0.717) is 26.2 Å². The van der Waals surface area contributed by atoms with Crippen molar-refractivity contribution < 1.29 is 24.3 Å². The van der Waals surface area contributed by atoms with Gasteiger partial charge in [-0.1, -0.05) is 29.5 Å². The normalized spacial score (nSPS) is 15.4. The molecule has 2 heterocycles. The average Bonchev–Trinajstić information content (AvgIpc) is 3.14. The SMILES string of the molecule is CCOC(=O)C1=C(C)n2c(s/c(=C\c3cccc([N+](=O)[O-])c3)c2=O)=N[C@H]1c1ccc(O)c(OC)c1. The number of phenols is 1. The quantitative estimate of drug-likeness (QED) is 0.316. The predicted molar refractivity (Wildman–Crippen MR) is 129 cm³/mol. The first-order valence-corrected chi connectivity index (χ1v) is 11.4. The van der Waals surface area contributed by atoms with Gasteiger partial charge in [0.2, 0.25) is 0 Å². The summed E-state index contributed by atoms with van der Waals surface area (Å²) in [7, 11) is 1.41. The van der Waals surface area contributed by atoms with Crippen LogP contribution in [0.1, 0.15) is 31.0 Å². The summed E-state index contributed by atoms with van der Waals surface area (Å²) in [6, 6.07) is 9.78. The smallest absolute Gasteiger partial charge is 0.338 e. The Hall–Kier alpha value is -4.25. The van der Waals surface area contributed by atoms with E-state index in [9.17, 15) is 24.8 Å². The van der Waals surface area contributed by atoms with Crippen molar-refractivity contribution in [2.45, 2.75) is 19.9 Å². The highest BCUT2D eigenvalue weighted by molar-refractivity contribution is 7.07. The Morgan fingerprint density at radius 1 is 1.31 bits per heavy atom. The van der Waals surface area contributed by atoms with Gasteiger partial charge >= 0.3 is 5.97 Å². The molecule has 0 fully saturated rings. The third kappa shape index (κ3) is 4.45. The number of fused-ring (bicyclic) bond motifs is 1. The Bertz CT molecular complexity index is 1550. The molecule has 0 radical (unpaired) electrons. The number of nitrogens with zero attached hydrogens (tertiary/aromatic N) is 3. The van der Waals surface area contributed by atoms with Crippen molar-refractivity contribution in [2.75, 3.05) is 13.7 Å². The molecule has 0 spiro atoms. The van der Waals surface area contributed by atoms with Crippen LogP contribution in [-0.2, 0) is 9.53 Å². The molecule has 0 bridgehead atoms. The number of hydrogen-bond donors (Lipinski definition) is 1. The summed E-state index contributed by atoms with van der Waals surface area (Å²) >= 11 is 1.10. The fourth-order valence-electron chi connectivity index (χ4n) is 3.80. The lowest BCUT2D eigenvalue weighted by Gasteiger charge is -2.22. The molecule has 1 N–H and O–H groups in total. The summed E-state index contributed by atoms with van der Waals surface area (Å²) in [6.07, 6.45) is 1.55. The third-order valence-electron chi connectivity index (χ3n) is 5.44.